The van der Waals surface area contributed by atoms with E-state index in [1.165, 1.54) is 6.07 Å². The number of nitrogens with zero attached hydrogens (tertiary/aromatic N) is 2. The number of carbonyl (C=O) groups excluding carboxylic acids is 2. The van der Waals surface area contributed by atoms with Gasteiger partial charge in [-0.1, -0.05) is 42.5 Å². The summed E-state index contributed by atoms with van der Waals surface area (Å²) in [6, 6.07) is 14.9. The van der Waals surface area contributed by atoms with E-state index in [0.717, 1.165) is 5.56 Å². The van der Waals surface area contributed by atoms with Crippen molar-refractivity contribution in [2.75, 3.05) is 31.1 Å². The molecule has 0 bridgehead atoms. The second-order valence-corrected chi connectivity index (χ2v) is 7.83. The van der Waals surface area contributed by atoms with E-state index in [9.17, 15) is 18.8 Å². The largest absolute Gasteiger partial charge is 0.479 e. The molecule has 2 aliphatic rings. The Kier molecular flexibility index (Phi) is 6.36. The Balaban J connectivity index is 1.42. The molecule has 2 aromatic carbocycles. The summed E-state index contributed by atoms with van der Waals surface area (Å²) in [4.78, 5) is 40.3. The van der Waals surface area contributed by atoms with Crippen LogP contribution in [0.5, 0.6) is 0 Å². The van der Waals surface area contributed by atoms with E-state index in [2.05, 4.69) is 5.32 Å². The third kappa shape index (κ3) is 4.88. The Morgan fingerprint density at radius 2 is 1.66 bits per heavy atom. The molecule has 0 aliphatic carbocycles. The lowest BCUT2D eigenvalue weighted by Crippen LogP contribution is -2.56. The molecule has 8 nitrogen and oxygen atoms in total. The number of epoxide rings is 1. The Labute approximate surface area is 184 Å². The van der Waals surface area contributed by atoms with Crippen molar-refractivity contribution in [3.8, 4) is 0 Å². The van der Waals surface area contributed by atoms with Crippen molar-refractivity contribution in [3.05, 3.63) is 66.0 Å². The first-order valence-corrected chi connectivity index (χ1v) is 10.4. The molecule has 168 valence electrons. The van der Waals surface area contributed by atoms with Crippen LogP contribution in [0.25, 0.3) is 0 Å². The Hall–Kier alpha value is -3.46. The first-order chi connectivity index (χ1) is 15.4. The zero-order valence-corrected chi connectivity index (χ0v) is 17.3. The minimum Gasteiger partial charge on any atom is -0.479 e. The molecule has 0 unspecified atom stereocenters. The molecule has 2 saturated heterocycles. The quantitative estimate of drug-likeness (QED) is 0.623. The molecule has 2 amide bonds. The van der Waals surface area contributed by atoms with Gasteiger partial charge in [0.05, 0.1) is 5.69 Å². The van der Waals surface area contributed by atoms with Gasteiger partial charge in [0.2, 0.25) is 5.91 Å². The van der Waals surface area contributed by atoms with Gasteiger partial charge < -0.3 is 25.0 Å². The van der Waals surface area contributed by atoms with Crippen molar-refractivity contribution in [1.82, 2.24) is 10.2 Å². The van der Waals surface area contributed by atoms with Crippen LogP contribution in [0.3, 0.4) is 0 Å². The molecular formula is C23H24FN3O5. The lowest BCUT2D eigenvalue weighted by molar-refractivity contribution is -0.138. The molecule has 3 atom stereocenters. The highest BCUT2D eigenvalue weighted by atomic mass is 19.1. The smallest absolute Gasteiger partial charge is 0.336 e. The molecule has 2 aromatic rings. The molecule has 2 fully saturated rings. The van der Waals surface area contributed by atoms with Crippen molar-refractivity contribution in [3.63, 3.8) is 0 Å². The fourth-order valence-electron chi connectivity index (χ4n) is 3.90. The van der Waals surface area contributed by atoms with Crippen molar-refractivity contribution < 1.29 is 28.6 Å². The van der Waals surface area contributed by atoms with Crippen LogP contribution in [0.4, 0.5) is 10.1 Å². The lowest BCUT2D eigenvalue weighted by atomic mass is 10.0. The maximum atomic E-state index is 14.1. The summed E-state index contributed by atoms with van der Waals surface area (Å²) >= 11 is 0. The van der Waals surface area contributed by atoms with Crippen LogP contribution >= 0.6 is 0 Å². The van der Waals surface area contributed by atoms with Gasteiger partial charge in [0.25, 0.3) is 5.91 Å². The summed E-state index contributed by atoms with van der Waals surface area (Å²) in [6.45, 7) is 1.69. The first kappa shape index (κ1) is 21.8. The van der Waals surface area contributed by atoms with Gasteiger partial charge in [0, 0.05) is 32.6 Å². The molecule has 2 aliphatic heterocycles. The fraction of sp³-hybridized carbons (Fsp3) is 0.348. The predicted molar refractivity (Wildman–Crippen MR) is 114 cm³/mol. The molecule has 0 saturated carbocycles. The number of carbonyl (C=O) groups is 3. The van der Waals surface area contributed by atoms with E-state index in [1.807, 2.05) is 35.2 Å². The normalized spacial score (nSPS) is 21.0. The molecule has 0 spiro atoms. The maximum Gasteiger partial charge on any atom is 0.336 e. The number of anilines is 1. The van der Waals surface area contributed by atoms with Gasteiger partial charge in [0.1, 0.15) is 11.9 Å². The molecule has 9 heteroatoms. The van der Waals surface area contributed by atoms with E-state index >= 15 is 0 Å². The molecule has 4 rings (SSSR count). The van der Waals surface area contributed by atoms with Gasteiger partial charge >= 0.3 is 5.97 Å². The third-order valence-electron chi connectivity index (χ3n) is 5.68. The SMILES string of the molecule is O=C(O)[C@H]1O[C@@H]1C(=O)N[C@@H](Cc1ccccc1)C(=O)N1CCN(c2ccccc2F)CC1. The number of carboxylic acids is 1. The van der Waals surface area contributed by atoms with Crippen LogP contribution in [-0.2, 0) is 25.5 Å². The summed E-state index contributed by atoms with van der Waals surface area (Å²) in [5.41, 5.74) is 1.36. The van der Waals surface area contributed by atoms with Crippen LogP contribution in [-0.4, -0.2) is 72.2 Å². The van der Waals surface area contributed by atoms with Gasteiger partial charge in [-0.3, -0.25) is 9.59 Å². The highest BCUT2D eigenvalue weighted by Crippen LogP contribution is 2.23. The minimum atomic E-state index is -1.21. The molecular weight excluding hydrogens is 417 g/mol. The van der Waals surface area contributed by atoms with Gasteiger partial charge in [-0.05, 0) is 17.7 Å². The van der Waals surface area contributed by atoms with Gasteiger partial charge in [-0.2, -0.15) is 0 Å². The number of halogens is 1. The minimum absolute atomic E-state index is 0.261. The molecule has 0 radical (unpaired) electrons. The van der Waals surface area contributed by atoms with E-state index in [1.54, 1.807) is 23.1 Å². The number of carboxylic acid groups (broad SMARTS) is 1. The lowest BCUT2D eigenvalue weighted by Gasteiger charge is -2.37. The summed E-state index contributed by atoms with van der Waals surface area (Å²) in [7, 11) is 0. The first-order valence-electron chi connectivity index (χ1n) is 10.4. The topological polar surface area (TPSA) is 102 Å². The van der Waals surface area contributed by atoms with Crippen LogP contribution in [0, 0.1) is 5.82 Å². The molecule has 32 heavy (non-hydrogen) atoms. The second-order valence-electron chi connectivity index (χ2n) is 7.83. The van der Waals surface area contributed by atoms with Crippen molar-refractivity contribution in [2.24, 2.45) is 0 Å². The van der Waals surface area contributed by atoms with Crippen molar-refractivity contribution in [1.29, 1.82) is 0 Å². The zero-order valence-electron chi connectivity index (χ0n) is 17.3. The molecule has 2 heterocycles. The highest BCUT2D eigenvalue weighted by molar-refractivity contribution is 5.95. The number of benzene rings is 2. The average Bonchev–Trinajstić information content (AvgIpc) is 3.61. The average molecular weight is 441 g/mol. The maximum absolute atomic E-state index is 14.1. The number of hydrogen-bond donors (Lipinski definition) is 2. The van der Waals surface area contributed by atoms with E-state index in [0.29, 0.717) is 31.9 Å². The molecule has 2 N–H and O–H groups in total. The van der Waals surface area contributed by atoms with Gasteiger partial charge in [-0.15, -0.1) is 0 Å². The van der Waals surface area contributed by atoms with Crippen molar-refractivity contribution in [2.45, 2.75) is 24.7 Å². The molecule has 0 aromatic heterocycles. The third-order valence-corrected chi connectivity index (χ3v) is 5.68. The van der Waals surface area contributed by atoms with Gasteiger partial charge in [-0.25, -0.2) is 9.18 Å². The number of ether oxygens (including phenoxy) is 1. The van der Waals surface area contributed by atoms with E-state index in [-0.39, 0.29) is 18.1 Å². The zero-order chi connectivity index (χ0) is 22.7. The van der Waals surface area contributed by atoms with E-state index in [4.69, 9.17) is 9.84 Å². The Morgan fingerprint density at radius 1 is 1.00 bits per heavy atom. The fourth-order valence-corrected chi connectivity index (χ4v) is 3.90. The second kappa shape index (κ2) is 9.35. The highest BCUT2D eigenvalue weighted by Gasteiger charge is 2.51. The van der Waals surface area contributed by atoms with Crippen molar-refractivity contribution >= 4 is 23.5 Å². The number of hydrogen-bond acceptors (Lipinski definition) is 5. The number of amides is 2. The predicted octanol–water partition coefficient (Wildman–Crippen LogP) is 1.05. The van der Waals surface area contributed by atoms with Crippen LogP contribution < -0.4 is 10.2 Å². The monoisotopic (exact) mass is 441 g/mol. The number of nitrogens with one attached hydrogen (secondary N) is 1. The van der Waals surface area contributed by atoms with Crippen LogP contribution in [0.15, 0.2) is 54.6 Å². The summed E-state index contributed by atoms with van der Waals surface area (Å²) in [5.74, 6) is -2.39. The van der Waals surface area contributed by atoms with E-state index < -0.39 is 30.1 Å². The standard InChI is InChI=1S/C23H24FN3O5/c24-16-8-4-5-9-18(16)26-10-12-27(13-11-26)22(29)17(14-15-6-2-1-3-7-15)25-21(28)19-20(32-19)23(30)31/h1-9,17,19-20H,10-14H2,(H,25,28)(H,30,31)/t17-,19-,20-/m0/s1. The summed E-state index contributed by atoms with van der Waals surface area (Å²) in [6.07, 6.45) is -1.99. The summed E-state index contributed by atoms with van der Waals surface area (Å²) < 4.78 is 19.0. The number of para-hydroxylation sites is 1. The van der Waals surface area contributed by atoms with Crippen LogP contribution in [0.1, 0.15) is 5.56 Å². The number of piperazine rings is 1. The van der Waals surface area contributed by atoms with Crippen LogP contribution in [0.2, 0.25) is 0 Å². The number of aliphatic carboxylic acids is 1. The number of rotatable bonds is 7. The summed E-state index contributed by atoms with van der Waals surface area (Å²) in [5, 5.41) is 11.7. The Morgan fingerprint density at radius 3 is 2.28 bits per heavy atom. The Bertz CT molecular complexity index is 994. The van der Waals surface area contributed by atoms with Gasteiger partial charge in [0.15, 0.2) is 12.2 Å².